The fourth-order valence-electron chi connectivity index (χ4n) is 3.82. The molecule has 0 radical (unpaired) electrons. The summed E-state index contributed by atoms with van der Waals surface area (Å²) in [4.78, 5) is 28.0. The van der Waals surface area contributed by atoms with Crippen LogP contribution in [0, 0.1) is 5.82 Å². The van der Waals surface area contributed by atoms with E-state index in [9.17, 15) is 14.0 Å². The molecule has 0 spiro atoms. The summed E-state index contributed by atoms with van der Waals surface area (Å²) in [5.74, 6) is -1.54. The standard InChI is InChI=1S/C26H30FN3O2/c1-4-15-30(16-5-2)26(32)23(28-25(31)21-12-7-9-13-22(21)27)17-19-18-29(6-3)24-14-10-8-11-20(19)24/h7-14,17-18H,4-6,15-16H2,1-3H3,(H,28,31)/b23-17-. The molecular weight excluding hydrogens is 405 g/mol. The normalized spacial score (nSPS) is 11.6. The first-order valence-electron chi connectivity index (χ1n) is 11.1. The molecule has 0 bridgehead atoms. The zero-order valence-corrected chi connectivity index (χ0v) is 18.9. The second kappa shape index (κ2) is 10.8. The SMILES string of the molecule is CCCN(CCC)C(=O)/C(=C/c1cn(CC)c2ccccc12)NC(=O)c1ccccc1F. The Balaban J connectivity index is 2.07. The van der Waals surface area contributed by atoms with Crippen LogP contribution in [-0.4, -0.2) is 34.4 Å². The number of aryl methyl sites for hydroxylation is 1. The van der Waals surface area contributed by atoms with Gasteiger partial charge in [0, 0.05) is 42.3 Å². The molecule has 1 heterocycles. The number of nitrogens with zero attached hydrogens (tertiary/aromatic N) is 2. The Morgan fingerprint density at radius 3 is 2.31 bits per heavy atom. The number of halogens is 1. The molecule has 5 nitrogen and oxygen atoms in total. The number of aromatic nitrogens is 1. The third-order valence-electron chi connectivity index (χ3n) is 5.33. The van der Waals surface area contributed by atoms with Crippen LogP contribution >= 0.6 is 0 Å². The van der Waals surface area contributed by atoms with Crippen LogP contribution in [-0.2, 0) is 11.3 Å². The minimum absolute atomic E-state index is 0.0975. The number of carbonyl (C=O) groups is 2. The highest BCUT2D eigenvalue weighted by Crippen LogP contribution is 2.24. The van der Waals surface area contributed by atoms with Crippen LogP contribution in [0.1, 0.15) is 49.5 Å². The van der Waals surface area contributed by atoms with Gasteiger partial charge in [0.15, 0.2) is 0 Å². The second-order valence-corrected chi connectivity index (χ2v) is 7.67. The highest BCUT2D eigenvalue weighted by atomic mass is 19.1. The first-order chi connectivity index (χ1) is 15.5. The summed E-state index contributed by atoms with van der Waals surface area (Å²) in [6, 6.07) is 13.7. The van der Waals surface area contributed by atoms with E-state index in [1.807, 2.05) is 44.3 Å². The summed E-state index contributed by atoms with van der Waals surface area (Å²) in [5, 5.41) is 3.68. The summed E-state index contributed by atoms with van der Waals surface area (Å²) in [7, 11) is 0. The van der Waals surface area contributed by atoms with E-state index >= 15 is 0 Å². The van der Waals surface area contributed by atoms with E-state index in [0.717, 1.165) is 35.9 Å². The number of rotatable bonds is 9. The van der Waals surface area contributed by atoms with Gasteiger partial charge in [-0.3, -0.25) is 9.59 Å². The van der Waals surface area contributed by atoms with Crippen molar-refractivity contribution in [1.82, 2.24) is 14.8 Å². The Bertz CT molecular complexity index is 1130. The van der Waals surface area contributed by atoms with E-state index in [1.165, 1.54) is 18.2 Å². The molecule has 32 heavy (non-hydrogen) atoms. The third kappa shape index (κ3) is 5.07. The van der Waals surface area contributed by atoms with Gasteiger partial charge in [0.2, 0.25) is 0 Å². The lowest BCUT2D eigenvalue weighted by Gasteiger charge is -2.23. The summed E-state index contributed by atoms with van der Waals surface area (Å²) in [6.45, 7) is 8.00. The van der Waals surface area contributed by atoms with Crippen LogP contribution in [0.2, 0.25) is 0 Å². The van der Waals surface area contributed by atoms with Crippen molar-refractivity contribution in [3.8, 4) is 0 Å². The van der Waals surface area contributed by atoms with Gasteiger partial charge in [-0.2, -0.15) is 0 Å². The van der Waals surface area contributed by atoms with Crippen molar-refractivity contribution in [3.05, 3.63) is 77.4 Å². The number of carbonyl (C=O) groups excluding carboxylic acids is 2. The van der Waals surface area contributed by atoms with Gasteiger partial charge >= 0.3 is 0 Å². The maximum absolute atomic E-state index is 14.2. The minimum atomic E-state index is -0.644. The van der Waals surface area contributed by atoms with Crippen LogP contribution in [0.4, 0.5) is 4.39 Å². The van der Waals surface area contributed by atoms with E-state index in [2.05, 4.69) is 16.8 Å². The lowest BCUT2D eigenvalue weighted by Crippen LogP contribution is -2.39. The second-order valence-electron chi connectivity index (χ2n) is 7.67. The van der Waals surface area contributed by atoms with Gasteiger partial charge in [0.25, 0.3) is 11.8 Å². The van der Waals surface area contributed by atoms with Crippen LogP contribution in [0.25, 0.3) is 17.0 Å². The molecule has 0 aliphatic carbocycles. The maximum atomic E-state index is 14.2. The molecule has 6 heteroatoms. The first-order valence-corrected chi connectivity index (χ1v) is 11.1. The molecular formula is C26H30FN3O2. The summed E-state index contributed by atoms with van der Waals surface area (Å²) in [5.41, 5.74) is 1.92. The number of para-hydroxylation sites is 1. The van der Waals surface area contributed by atoms with Gasteiger partial charge in [-0.05, 0) is 44.0 Å². The fourth-order valence-corrected chi connectivity index (χ4v) is 3.82. The largest absolute Gasteiger partial charge is 0.347 e. The van der Waals surface area contributed by atoms with Crippen molar-refractivity contribution in [1.29, 1.82) is 0 Å². The van der Waals surface area contributed by atoms with Crippen LogP contribution in [0.5, 0.6) is 0 Å². The molecule has 168 valence electrons. The number of nitrogens with one attached hydrogen (secondary N) is 1. The average Bonchev–Trinajstić information content (AvgIpc) is 3.16. The smallest absolute Gasteiger partial charge is 0.270 e. The van der Waals surface area contributed by atoms with Crippen LogP contribution < -0.4 is 5.32 Å². The van der Waals surface area contributed by atoms with Gasteiger partial charge in [-0.15, -0.1) is 0 Å². The topological polar surface area (TPSA) is 54.3 Å². The van der Waals surface area contributed by atoms with Crippen molar-refractivity contribution in [2.24, 2.45) is 0 Å². The average molecular weight is 436 g/mol. The highest BCUT2D eigenvalue weighted by Gasteiger charge is 2.22. The lowest BCUT2D eigenvalue weighted by atomic mass is 10.1. The monoisotopic (exact) mass is 435 g/mol. The van der Waals surface area contributed by atoms with E-state index in [4.69, 9.17) is 0 Å². The van der Waals surface area contributed by atoms with Gasteiger partial charge in [0.05, 0.1) is 5.56 Å². The van der Waals surface area contributed by atoms with Crippen molar-refractivity contribution >= 4 is 28.8 Å². The predicted molar refractivity (Wildman–Crippen MR) is 127 cm³/mol. The molecule has 3 aromatic rings. The number of hydrogen-bond acceptors (Lipinski definition) is 2. The number of benzene rings is 2. The Hall–Kier alpha value is -3.41. The molecule has 0 unspecified atom stereocenters. The Morgan fingerprint density at radius 2 is 1.66 bits per heavy atom. The molecule has 1 N–H and O–H groups in total. The molecule has 0 atom stereocenters. The zero-order valence-electron chi connectivity index (χ0n) is 18.9. The van der Waals surface area contributed by atoms with Crippen LogP contribution in [0.15, 0.2) is 60.4 Å². The summed E-state index contributed by atoms with van der Waals surface area (Å²) >= 11 is 0. The molecule has 2 amide bonds. The highest BCUT2D eigenvalue weighted by molar-refractivity contribution is 6.06. The zero-order chi connectivity index (χ0) is 23.1. The first kappa shape index (κ1) is 23.3. The Morgan fingerprint density at radius 1 is 1.00 bits per heavy atom. The van der Waals surface area contributed by atoms with Crippen molar-refractivity contribution in [2.45, 2.75) is 40.2 Å². The Labute approximate surface area is 188 Å². The molecule has 0 aliphatic rings. The predicted octanol–water partition coefficient (Wildman–Crippen LogP) is 5.22. The van der Waals surface area contributed by atoms with Gasteiger partial charge in [0.1, 0.15) is 11.5 Å². The minimum Gasteiger partial charge on any atom is -0.347 e. The van der Waals surface area contributed by atoms with Crippen LogP contribution in [0.3, 0.4) is 0 Å². The summed E-state index contributed by atoms with van der Waals surface area (Å²) in [6.07, 6.45) is 5.27. The fraction of sp³-hybridized carbons (Fsp3) is 0.308. The number of amides is 2. The molecule has 0 fully saturated rings. The van der Waals surface area contributed by atoms with Gasteiger partial charge in [-0.25, -0.2) is 4.39 Å². The quantitative estimate of drug-likeness (QED) is 0.469. The van der Waals surface area contributed by atoms with Crippen molar-refractivity contribution in [2.75, 3.05) is 13.1 Å². The molecule has 0 aliphatic heterocycles. The molecule has 0 saturated carbocycles. The van der Waals surface area contributed by atoms with E-state index in [0.29, 0.717) is 13.1 Å². The molecule has 1 aromatic heterocycles. The molecule has 0 saturated heterocycles. The van der Waals surface area contributed by atoms with Gasteiger partial charge in [-0.1, -0.05) is 44.2 Å². The number of fused-ring (bicyclic) bond motifs is 1. The van der Waals surface area contributed by atoms with Crippen molar-refractivity contribution in [3.63, 3.8) is 0 Å². The Kier molecular flexibility index (Phi) is 7.82. The number of hydrogen-bond donors (Lipinski definition) is 1. The molecule has 3 rings (SSSR count). The summed E-state index contributed by atoms with van der Waals surface area (Å²) < 4.78 is 16.3. The van der Waals surface area contributed by atoms with E-state index in [-0.39, 0.29) is 17.2 Å². The molecule has 2 aromatic carbocycles. The van der Waals surface area contributed by atoms with Gasteiger partial charge < -0.3 is 14.8 Å². The van der Waals surface area contributed by atoms with Crippen molar-refractivity contribution < 1.29 is 14.0 Å². The maximum Gasteiger partial charge on any atom is 0.270 e. The van der Waals surface area contributed by atoms with E-state index in [1.54, 1.807) is 17.0 Å². The third-order valence-corrected chi connectivity index (χ3v) is 5.33. The van der Waals surface area contributed by atoms with E-state index < -0.39 is 11.7 Å². The lowest BCUT2D eigenvalue weighted by molar-refractivity contribution is -0.127.